The highest BCUT2D eigenvalue weighted by molar-refractivity contribution is 7.98. The predicted octanol–water partition coefficient (Wildman–Crippen LogP) is 4.37. The second-order valence-corrected chi connectivity index (χ2v) is 7.17. The van der Waals surface area contributed by atoms with E-state index >= 15 is 0 Å². The van der Waals surface area contributed by atoms with Crippen LogP contribution in [0, 0.1) is 0 Å². The normalized spacial score (nSPS) is 10.7. The van der Waals surface area contributed by atoms with Crippen LogP contribution in [0.1, 0.15) is 10.5 Å². The van der Waals surface area contributed by atoms with E-state index in [1.165, 1.54) is 23.1 Å². The number of nitrogens with one attached hydrogen (secondary N) is 1. The van der Waals surface area contributed by atoms with Crippen LogP contribution >= 0.6 is 23.1 Å². The van der Waals surface area contributed by atoms with Crippen molar-refractivity contribution < 1.29 is 4.79 Å². The van der Waals surface area contributed by atoms with Crippen LogP contribution in [0.25, 0.3) is 16.9 Å². The van der Waals surface area contributed by atoms with E-state index in [2.05, 4.69) is 20.3 Å². The van der Waals surface area contributed by atoms with E-state index in [-0.39, 0.29) is 5.91 Å². The van der Waals surface area contributed by atoms with Gasteiger partial charge in [-0.15, -0.1) is 11.3 Å². The van der Waals surface area contributed by atoms with E-state index in [9.17, 15) is 4.79 Å². The number of thioether (sulfide) groups is 1. The van der Waals surface area contributed by atoms with Crippen molar-refractivity contribution in [2.45, 2.75) is 5.16 Å². The van der Waals surface area contributed by atoms with Gasteiger partial charge in [0.2, 0.25) is 0 Å². The summed E-state index contributed by atoms with van der Waals surface area (Å²) >= 11 is 2.86. The van der Waals surface area contributed by atoms with Gasteiger partial charge in [-0.25, -0.2) is 9.97 Å². The van der Waals surface area contributed by atoms with Crippen LogP contribution in [0.3, 0.4) is 0 Å². The molecule has 3 heterocycles. The van der Waals surface area contributed by atoms with E-state index < -0.39 is 0 Å². The number of pyridine rings is 1. The number of hydrogen-bond acceptors (Lipinski definition) is 6. The van der Waals surface area contributed by atoms with Crippen molar-refractivity contribution in [3.8, 4) is 16.9 Å². The molecular formula is C19H15N5OS2. The molecule has 134 valence electrons. The van der Waals surface area contributed by atoms with Crippen LogP contribution in [0.15, 0.2) is 71.6 Å². The molecule has 0 aliphatic carbocycles. The largest absolute Gasteiger partial charge is 0.296 e. The number of nitrogens with zero attached hydrogens (tertiary/aromatic N) is 4. The molecule has 4 aromatic rings. The summed E-state index contributed by atoms with van der Waals surface area (Å²) in [6.45, 7) is 0. The Balaban J connectivity index is 1.61. The molecule has 3 aromatic heterocycles. The summed E-state index contributed by atoms with van der Waals surface area (Å²) in [5.41, 5.74) is 3.04. The fraction of sp³-hybridized carbons (Fsp3) is 0.0526. The zero-order chi connectivity index (χ0) is 18.6. The Bertz CT molecular complexity index is 1060. The Kier molecular flexibility index (Phi) is 4.99. The smallest absolute Gasteiger partial charge is 0.276 e. The fourth-order valence-corrected chi connectivity index (χ4v) is 3.86. The second kappa shape index (κ2) is 7.73. The van der Waals surface area contributed by atoms with E-state index in [0.717, 1.165) is 22.1 Å². The molecule has 8 heteroatoms. The minimum Gasteiger partial charge on any atom is -0.296 e. The van der Waals surface area contributed by atoms with Crippen LogP contribution in [0.5, 0.6) is 0 Å². The number of aromatic nitrogens is 4. The number of imidazole rings is 1. The lowest BCUT2D eigenvalue weighted by molar-refractivity contribution is 0.102. The monoisotopic (exact) mass is 393 g/mol. The summed E-state index contributed by atoms with van der Waals surface area (Å²) in [6.07, 6.45) is 6.98. The van der Waals surface area contributed by atoms with Gasteiger partial charge >= 0.3 is 0 Å². The van der Waals surface area contributed by atoms with Gasteiger partial charge in [0.25, 0.3) is 5.91 Å². The number of rotatable bonds is 5. The molecule has 4 rings (SSSR count). The topological polar surface area (TPSA) is 72.7 Å². The third-order valence-corrected chi connectivity index (χ3v) is 5.25. The maximum absolute atomic E-state index is 12.9. The summed E-state index contributed by atoms with van der Waals surface area (Å²) in [5, 5.41) is 6.06. The average molecular weight is 393 g/mol. The van der Waals surface area contributed by atoms with Gasteiger partial charge in [0.15, 0.2) is 10.3 Å². The van der Waals surface area contributed by atoms with Gasteiger partial charge in [-0.05, 0) is 30.5 Å². The van der Waals surface area contributed by atoms with E-state index in [0.29, 0.717) is 10.8 Å². The predicted molar refractivity (Wildman–Crippen MR) is 109 cm³/mol. The number of hydrogen-bond donors (Lipinski definition) is 1. The van der Waals surface area contributed by atoms with Gasteiger partial charge < -0.3 is 0 Å². The lowest BCUT2D eigenvalue weighted by atomic mass is 10.2. The van der Waals surface area contributed by atoms with E-state index in [4.69, 9.17) is 0 Å². The molecule has 0 saturated carbocycles. The number of amides is 1. The molecule has 6 nitrogen and oxygen atoms in total. The van der Waals surface area contributed by atoms with Gasteiger partial charge in [-0.3, -0.25) is 19.7 Å². The van der Waals surface area contributed by atoms with Crippen molar-refractivity contribution in [3.05, 3.63) is 72.1 Å². The fourth-order valence-electron chi connectivity index (χ4n) is 2.60. The maximum atomic E-state index is 12.9. The molecule has 0 saturated heterocycles. The van der Waals surface area contributed by atoms with Gasteiger partial charge in [0.1, 0.15) is 5.69 Å². The van der Waals surface area contributed by atoms with Crippen LogP contribution in [-0.2, 0) is 0 Å². The highest BCUT2D eigenvalue weighted by Gasteiger charge is 2.19. The molecule has 0 atom stereocenters. The molecule has 0 spiro atoms. The zero-order valence-electron chi connectivity index (χ0n) is 14.4. The number of carbonyl (C=O) groups excluding carboxylic acids is 1. The van der Waals surface area contributed by atoms with E-state index in [1.54, 1.807) is 18.6 Å². The Labute approximate surface area is 164 Å². The Morgan fingerprint density at radius 1 is 1.15 bits per heavy atom. The molecule has 1 aromatic carbocycles. The molecule has 0 bridgehead atoms. The Hall–Kier alpha value is -2.97. The molecule has 0 aliphatic rings. The first kappa shape index (κ1) is 17.4. The number of para-hydroxylation sites is 1. The first-order valence-corrected chi connectivity index (χ1v) is 10.2. The Morgan fingerprint density at radius 2 is 2.00 bits per heavy atom. The first-order valence-electron chi connectivity index (χ1n) is 8.10. The second-order valence-electron chi connectivity index (χ2n) is 5.53. The van der Waals surface area contributed by atoms with Crippen LogP contribution in [0.2, 0.25) is 0 Å². The summed E-state index contributed by atoms with van der Waals surface area (Å²) in [7, 11) is 0. The lowest BCUT2D eigenvalue weighted by Gasteiger charge is -2.10. The van der Waals surface area contributed by atoms with Crippen molar-refractivity contribution >= 4 is 34.1 Å². The molecule has 27 heavy (non-hydrogen) atoms. The van der Waals surface area contributed by atoms with Crippen LogP contribution in [-0.4, -0.2) is 31.7 Å². The number of carbonyl (C=O) groups is 1. The molecule has 0 aliphatic heterocycles. The molecule has 1 N–H and O–H groups in total. The number of benzene rings is 1. The van der Waals surface area contributed by atoms with Gasteiger partial charge in [-0.1, -0.05) is 30.0 Å². The molecule has 1 amide bonds. The maximum Gasteiger partial charge on any atom is 0.276 e. The van der Waals surface area contributed by atoms with Crippen molar-refractivity contribution in [2.24, 2.45) is 0 Å². The van der Waals surface area contributed by atoms with Crippen molar-refractivity contribution in [1.29, 1.82) is 0 Å². The number of thiazole rings is 1. The minimum absolute atomic E-state index is 0.251. The first-order chi connectivity index (χ1) is 13.3. The minimum atomic E-state index is -0.251. The zero-order valence-corrected chi connectivity index (χ0v) is 16.0. The lowest BCUT2D eigenvalue weighted by Crippen LogP contribution is -2.16. The van der Waals surface area contributed by atoms with E-state index in [1.807, 2.05) is 58.7 Å². The quantitative estimate of drug-likeness (QED) is 0.510. The van der Waals surface area contributed by atoms with Crippen LogP contribution < -0.4 is 5.32 Å². The average Bonchev–Trinajstić information content (AvgIpc) is 3.36. The standard InChI is InChI=1S/C19H15N5OS2/c1-26-19-21-11-16(24(19)14-7-3-2-4-8-14)17(25)23-18-22-15(12-27-18)13-6-5-9-20-10-13/h2-12H,1H3,(H,22,23,25). The highest BCUT2D eigenvalue weighted by atomic mass is 32.2. The summed E-state index contributed by atoms with van der Waals surface area (Å²) in [6, 6.07) is 13.5. The highest BCUT2D eigenvalue weighted by Crippen LogP contribution is 2.26. The van der Waals surface area contributed by atoms with Crippen molar-refractivity contribution in [2.75, 3.05) is 11.6 Å². The van der Waals surface area contributed by atoms with Gasteiger partial charge in [0.05, 0.1) is 11.9 Å². The number of anilines is 1. The molecule has 0 unspecified atom stereocenters. The molecule has 0 radical (unpaired) electrons. The van der Waals surface area contributed by atoms with Crippen LogP contribution in [0.4, 0.5) is 5.13 Å². The third kappa shape index (κ3) is 3.62. The summed E-state index contributed by atoms with van der Waals surface area (Å²) < 4.78 is 1.84. The van der Waals surface area contributed by atoms with Crippen molar-refractivity contribution in [1.82, 2.24) is 19.5 Å². The molecule has 0 fully saturated rings. The summed E-state index contributed by atoms with van der Waals surface area (Å²) in [4.78, 5) is 25.8. The SMILES string of the molecule is CSc1ncc(C(=O)Nc2nc(-c3cccnc3)cs2)n1-c1ccccc1. The summed E-state index contributed by atoms with van der Waals surface area (Å²) in [5.74, 6) is -0.251. The van der Waals surface area contributed by atoms with Crippen molar-refractivity contribution in [3.63, 3.8) is 0 Å². The van der Waals surface area contributed by atoms with Gasteiger partial charge in [-0.2, -0.15) is 0 Å². The van der Waals surface area contributed by atoms with Gasteiger partial charge in [0, 0.05) is 29.0 Å². The Morgan fingerprint density at radius 3 is 2.74 bits per heavy atom. The molecular weight excluding hydrogens is 378 g/mol. The third-order valence-electron chi connectivity index (χ3n) is 3.84.